The summed E-state index contributed by atoms with van der Waals surface area (Å²) in [7, 11) is 4.87. The first-order valence-corrected chi connectivity index (χ1v) is 4.46. The fourth-order valence-corrected chi connectivity index (χ4v) is 1.36. The highest BCUT2D eigenvalue weighted by molar-refractivity contribution is 5.35. The molecule has 1 aliphatic rings. The van der Waals surface area contributed by atoms with Gasteiger partial charge in [0, 0.05) is 6.42 Å². The van der Waals surface area contributed by atoms with Gasteiger partial charge in [-0.1, -0.05) is 11.6 Å². The van der Waals surface area contributed by atoms with Crippen molar-refractivity contribution in [2.75, 3.05) is 21.3 Å². The summed E-state index contributed by atoms with van der Waals surface area (Å²) in [5.74, 6) is 2.16. The molecule has 0 atom stereocenters. The molecule has 0 unspecified atom stereocenters. The molecule has 0 spiro atoms. The van der Waals surface area contributed by atoms with Crippen molar-refractivity contribution in [1.82, 2.24) is 0 Å². The summed E-state index contributed by atoms with van der Waals surface area (Å²) in [4.78, 5) is 0. The van der Waals surface area contributed by atoms with Crippen LogP contribution >= 0.6 is 0 Å². The van der Waals surface area contributed by atoms with E-state index in [2.05, 4.69) is 6.08 Å². The number of allylic oxidation sites excluding steroid dienone is 3. The monoisotopic (exact) mass is 196 g/mol. The second-order valence-electron chi connectivity index (χ2n) is 3.03. The van der Waals surface area contributed by atoms with Gasteiger partial charge in [-0.25, -0.2) is 0 Å². The Morgan fingerprint density at radius 3 is 2.29 bits per heavy atom. The molecule has 3 heteroatoms. The lowest BCUT2D eigenvalue weighted by molar-refractivity contribution is 0.184. The third kappa shape index (κ3) is 2.10. The van der Waals surface area contributed by atoms with Crippen LogP contribution in [0.4, 0.5) is 0 Å². The minimum Gasteiger partial charge on any atom is -0.497 e. The van der Waals surface area contributed by atoms with Gasteiger partial charge in [0.1, 0.15) is 5.76 Å². The van der Waals surface area contributed by atoms with Crippen molar-refractivity contribution in [2.45, 2.75) is 13.3 Å². The summed E-state index contributed by atoms with van der Waals surface area (Å²) in [6.45, 7) is 2.02. The molecule has 0 aromatic rings. The van der Waals surface area contributed by atoms with E-state index < -0.39 is 0 Å². The van der Waals surface area contributed by atoms with Crippen molar-refractivity contribution >= 4 is 0 Å². The first kappa shape index (κ1) is 10.7. The van der Waals surface area contributed by atoms with E-state index in [9.17, 15) is 0 Å². The molecule has 0 saturated carbocycles. The molecule has 0 aromatic carbocycles. The zero-order valence-corrected chi connectivity index (χ0v) is 9.09. The van der Waals surface area contributed by atoms with Gasteiger partial charge in [0.25, 0.3) is 0 Å². The maximum atomic E-state index is 5.25. The molecule has 3 nitrogen and oxygen atoms in total. The third-order valence-corrected chi connectivity index (χ3v) is 2.12. The van der Waals surface area contributed by atoms with Crippen LogP contribution in [-0.4, -0.2) is 21.3 Å². The van der Waals surface area contributed by atoms with E-state index in [0.29, 0.717) is 11.5 Å². The maximum absolute atomic E-state index is 5.25. The fourth-order valence-electron chi connectivity index (χ4n) is 1.36. The van der Waals surface area contributed by atoms with Crippen molar-refractivity contribution in [2.24, 2.45) is 0 Å². The number of methoxy groups -OCH3 is 3. The number of rotatable bonds is 3. The molecule has 0 aromatic heterocycles. The fraction of sp³-hybridized carbons (Fsp3) is 0.455. The minimum absolute atomic E-state index is 0.670. The van der Waals surface area contributed by atoms with Gasteiger partial charge in [-0.15, -0.1) is 0 Å². The first-order chi connectivity index (χ1) is 6.72. The van der Waals surface area contributed by atoms with Crippen LogP contribution in [0.3, 0.4) is 0 Å². The normalized spacial score (nSPS) is 16.9. The Hall–Kier alpha value is -1.38. The van der Waals surface area contributed by atoms with Crippen LogP contribution in [0, 0.1) is 0 Å². The highest BCUT2D eigenvalue weighted by Gasteiger charge is 2.16. The minimum atomic E-state index is 0.670. The van der Waals surface area contributed by atoms with Crippen LogP contribution in [0.1, 0.15) is 13.3 Å². The van der Waals surface area contributed by atoms with Crippen LogP contribution in [-0.2, 0) is 14.2 Å². The van der Waals surface area contributed by atoms with E-state index >= 15 is 0 Å². The number of hydrogen-bond donors (Lipinski definition) is 0. The topological polar surface area (TPSA) is 27.7 Å². The van der Waals surface area contributed by atoms with Crippen molar-refractivity contribution in [3.8, 4) is 0 Å². The van der Waals surface area contributed by atoms with Gasteiger partial charge in [0.05, 0.1) is 21.3 Å². The molecule has 0 amide bonds. The van der Waals surface area contributed by atoms with Crippen LogP contribution in [0.25, 0.3) is 0 Å². The van der Waals surface area contributed by atoms with Crippen LogP contribution in [0.2, 0.25) is 0 Å². The van der Waals surface area contributed by atoms with Gasteiger partial charge in [-0.2, -0.15) is 0 Å². The van der Waals surface area contributed by atoms with Gasteiger partial charge < -0.3 is 14.2 Å². The Labute approximate surface area is 84.7 Å². The smallest absolute Gasteiger partial charge is 0.199 e. The Morgan fingerprint density at radius 1 is 1.07 bits per heavy atom. The summed E-state index contributed by atoms with van der Waals surface area (Å²) in [6.07, 6.45) is 4.74. The third-order valence-electron chi connectivity index (χ3n) is 2.12. The van der Waals surface area contributed by atoms with Crippen molar-refractivity contribution in [3.63, 3.8) is 0 Å². The molecule has 0 bridgehead atoms. The molecule has 0 saturated heterocycles. The standard InChI is InChI=1S/C11H16O3/c1-8-5-6-9(12-2)11(14-4)10(7-8)13-3/h5,7H,6H2,1-4H3. The second kappa shape index (κ2) is 4.74. The quantitative estimate of drug-likeness (QED) is 0.693. The summed E-state index contributed by atoms with van der Waals surface area (Å²) in [5, 5.41) is 0. The largest absolute Gasteiger partial charge is 0.497 e. The average Bonchev–Trinajstić information content (AvgIpc) is 2.36. The van der Waals surface area contributed by atoms with Gasteiger partial charge in [0.2, 0.25) is 0 Å². The summed E-state index contributed by atoms with van der Waals surface area (Å²) < 4.78 is 15.7. The average molecular weight is 196 g/mol. The number of ether oxygens (including phenoxy) is 3. The molecule has 1 rings (SSSR count). The van der Waals surface area contributed by atoms with Gasteiger partial charge in [-0.05, 0) is 13.0 Å². The zero-order valence-electron chi connectivity index (χ0n) is 9.09. The van der Waals surface area contributed by atoms with E-state index in [-0.39, 0.29) is 0 Å². The molecule has 0 radical (unpaired) electrons. The highest BCUT2D eigenvalue weighted by Crippen LogP contribution is 2.25. The highest BCUT2D eigenvalue weighted by atomic mass is 16.5. The second-order valence-corrected chi connectivity index (χ2v) is 3.03. The van der Waals surface area contributed by atoms with Crippen LogP contribution in [0.15, 0.2) is 35.0 Å². The van der Waals surface area contributed by atoms with Gasteiger partial charge >= 0.3 is 0 Å². The molecule has 0 heterocycles. The van der Waals surface area contributed by atoms with Gasteiger partial charge in [-0.3, -0.25) is 0 Å². The molecule has 0 fully saturated rings. The maximum Gasteiger partial charge on any atom is 0.199 e. The molecular formula is C11H16O3. The molecule has 0 aliphatic heterocycles. The van der Waals surface area contributed by atoms with E-state index in [4.69, 9.17) is 14.2 Å². The molecule has 14 heavy (non-hydrogen) atoms. The lowest BCUT2D eigenvalue weighted by Gasteiger charge is -2.12. The Morgan fingerprint density at radius 2 is 1.79 bits per heavy atom. The van der Waals surface area contributed by atoms with Crippen molar-refractivity contribution in [3.05, 3.63) is 35.0 Å². The SMILES string of the molecule is COC1=CC(C)=CCC(OC)=C1OC. The summed E-state index contributed by atoms with van der Waals surface area (Å²) in [5.41, 5.74) is 1.14. The molecule has 0 N–H and O–H groups in total. The lowest BCUT2D eigenvalue weighted by Crippen LogP contribution is -2.00. The Bertz CT molecular complexity index is 298. The molecular weight excluding hydrogens is 180 g/mol. The Balaban J connectivity index is 3.11. The lowest BCUT2D eigenvalue weighted by atomic mass is 10.2. The predicted octanol–water partition coefficient (Wildman–Crippen LogP) is 2.37. The molecule has 78 valence electrons. The number of hydrogen-bond acceptors (Lipinski definition) is 3. The van der Waals surface area contributed by atoms with E-state index in [1.807, 2.05) is 13.0 Å². The van der Waals surface area contributed by atoms with Crippen molar-refractivity contribution < 1.29 is 14.2 Å². The Kier molecular flexibility index (Phi) is 3.63. The zero-order chi connectivity index (χ0) is 10.6. The predicted molar refractivity (Wildman–Crippen MR) is 54.5 cm³/mol. The van der Waals surface area contributed by atoms with Crippen LogP contribution < -0.4 is 0 Å². The van der Waals surface area contributed by atoms with Crippen molar-refractivity contribution in [1.29, 1.82) is 0 Å². The summed E-state index contributed by atoms with van der Waals surface area (Å²) in [6, 6.07) is 0. The van der Waals surface area contributed by atoms with E-state index in [0.717, 1.165) is 17.8 Å². The summed E-state index contributed by atoms with van der Waals surface area (Å²) >= 11 is 0. The van der Waals surface area contributed by atoms with Gasteiger partial charge in [0.15, 0.2) is 11.5 Å². The molecule has 1 aliphatic carbocycles. The van der Waals surface area contributed by atoms with E-state index in [1.54, 1.807) is 21.3 Å². The van der Waals surface area contributed by atoms with Crippen LogP contribution in [0.5, 0.6) is 0 Å². The first-order valence-electron chi connectivity index (χ1n) is 4.46. The van der Waals surface area contributed by atoms with E-state index in [1.165, 1.54) is 0 Å².